The number of halogens is 1. The van der Waals surface area contributed by atoms with Crippen molar-refractivity contribution in [1.82, 2.24) is 10.2 Å². The molecule has 0 heterocycles. The number of methoxy groups -OCH3 is 1. The van der Waals surface area contributed by atoms with Crippen molar-refractivity contribution in [3.05, 3.63) is 65.2 Å². The molecule has 1 amide bonds. The molecular weight excluding hydrogens is 360 g/mol. The fraction of sp³-hybridized carbons (Fsp3) is 0.409. The van der Waals surface area contributed by atoms with Gasteiger partial charge in [-0.15, -0.1) is 12.4 Å². The number of hydrogen-bond acceptors (Lipinski definition) is 3. The number of amides is 1. The summed E-state index contributed by atoms with van der Waals surface area (Å²) < 4.78 is 5.47. The van der Waals surface area contributed by atoms with Gasteiger partial charge >= 0.3 is 0 Å². The molecule has 0 aliphatic rings. The SMILES string of the molecule is COc1ccccc1C(CNC(=O)c1ccc(C(C)(C)C)cc1)N(C)C.Cl. The lowest BCUT2D eigenvalue weighted by Crippen LogP contribution is -2.34. The van der Waals surface area contributed by atoms with E-state index in [2.05, 4.69) is 31.0 Å². The van der Waals surface area contributed by atoms with E-state index in [1.807, 2.05) is 62.6 Å². The second kappa shape index (κ2) is 9.77. The maximum Gasteiger partial charge on any atom is 0.251 e. The van der Waals surface area contributed by atoms with E-state index in [9.17, 15) is 4.79 Å². The molecule has 5 heteroatoms. The molecule has 4 nitrogen and oxygen atoms in total. The number of para-hydroxylation sites is 1. The number of benzene rings is 2. The van der Waals surface area contributed by atoms with Gasteiger partial charge in [-0.3, -0.25) is 4.79 Å². The predicted molar refractivity (Wildman–Crippen MR) is 114 cm³/mol. The Morgan fingerprint density at radius 3 is 2.19 bits per heavy atom. The van der Waals surface area contributed by atoms with E-state index in [-0.39, 0.29) is 29.8 Å². The fourth-order valence-corrected chi connectivity index (χ4v) is 2.93. The second-order valence-electron chi connectivity index (χ2n) is 7.76. The first-order valence-electron chi connectivity index (χ1n) is 8.92. The van der Waals surface area contributed by atoms with Gasteiger partial charge in [0, 0.05) is 17.7 Å². The highest BCUT2D eigenvalue weighted by Crippen LogP contribution is 2.27. The molecular formula is C22H31ClN2O2. The van der Waals surface area contributed by atoms with Crippen LogP contribution in [-0.4, -0.2) is 38.6 Å². The maximum atomic E-state index is 12.6. The van der Waals surface area contributed by atoms with Crippen molar-refractivity contribution >= 4 is 18.3 Å². The predicted octanol–water partition coefficient (Wildman–Crippen LogP) is 4.45. The van der Waals surface area contributed by atoms with Gasteiger partial charge in [0.15, 0.2) is 0 Å². The van der Waals surface area contributed by atoms with Gasteiger partial charge in [0.2, 0.25) is 0 Å². The summed E-state index contributed by atoms with van der Waals surface area (Å²) in [6, 6.07) is 15.8. The number of likely N-dealkylation sites (N-methyl/N-ethyl adjacent to an activating group) is 1. The lowest BCUT2D eigenvalue weighted by atomic mass is 9.87. The summed E-state index contributed by atoms with van der Waals surface area (Å²) in [5, 5.41) is 3.05. The highest BCUT2D eigenvalue weighted by molar-refractivity contribution is 5.94. The van der Waals surface area contributed by atoms with Crippen molar-refractivity contribution in [1.29, 1.82) is 0 Å². The highest BCUT2D eigenvalue weighted by Gasteiger charge is 2.20. The summed E-state index contributed by atoms with van der Waals surface area (Å²) in [7, 11) is 5.67. The van der Waals surface area contributed by atoms with Crippen molar-refractivity contribution in [2.75, 3.05) is 27.7 Å². The molecule has 148 valence electrons. The third kappa shape index (κ3) is 5.98. The van der Waals surface area contributed by atoms with Gasteiger partial charge in [-0.1, -0.05) is 51.1 Å². The van der Waals surface area contributed by atoms with E-state index in [1.54, 1.807) is 7.11 Å². The molecule has 0 spiro atoms. The summed E-state index contributed by atoms with van der Waals surface area (Å²) in [4.78, 5) is 14.6. The minimum absolute atomic E-state index is 0. The van der Waals surface area contributed by atoms with Gasteiger partial charge in [-0.25, -0.2) is 0 Å². The van der Waals surface area contributed by atoms with Crippen LogP contribution in [0.4, 0.5) is 0 Å². The summed E-state index contributed by atoms with van der Waals surface area (Å²) in [5.74, 6) is 0.766. The van der Waals surface area contributed by atoms with Gasteiger partial charge in [0.05, 0.1) is 13.2 Å². The maximum absolute atomic E-state index is 12.6. The number of carbonyl (C=O) groups excluding carboxylic acids is 1. The molecule has 0 aliphatic carbocycles. The number of nitrogens with zero attached hydrogens (tertiary/aromatic N) is 1. The average Bonchev–Trinajstić information content (AvgIpc) is 2.61. The number of nitrogens with one attached hydrogen (secondary N) is 1. The zero-order valence-electron chi connectivity index (χ0n) is 17.1. The van der Waals surface area contributed by atoms with Gasteiger partial charge in [0.25, 0.3) is 5.91 Å². The summed E-state index contributed by atoms with van der Waals surface area (Å²) >= 11 is 0. The van der Waals surface area contributed by atoms with Crippen LogP contribution in [0, 0.1) is 0 Å². The first kappa shape index (κ1) is 23.0. The van der Waals surface area contributed by atoms with Crippen LogP contribution in [-0.2, 0) is 5.41 Å². The topological polar surface area (TPSA) is 41.6 Å². The van der Waals surface area contributed by atoms with Gasteiger partial charge < -0.3 is 15.0 Å². The van der Waals surface area contributed by atoms with E-state index in [4.69, 9.17) is 4.74 Å². The normalized spacial score (nSPS) is 12.3. The second-order valence-corrected chi connectivity index (χ2v) is 7.76. The number of ether oxygens (including phenoxy) is 1. The Balaban J connectivity index is 0.00000364. The Morgan fingerprint density at radius 2 is 1.67 bits per heavy atom. The zero-order chi connectivity index (χ0) is 19.3. The highest BCUT2D eigenvalue weighted by atomic mass is 35.5. The van der Waals surface area contributed by atoms with Crippen LogP contribution < -0.4 is 10.1 Å². The molecule has 1 unspecified atom stereocenters. The Morgan fingerprint density at radius 1 is 1.07 bits per heavy atom. The smallest absolute Gasteiger partial charge is 0.251 e. The van der Waals surface area contributed by atoms with Crippen LogP contribution in [0.15, 0.2) is 48.5 Å². The molecule has 1 atom stereocenters. The number of carbonyl (C=O) groups is 1. The minimum atomic E-state index is -0.0628. The van der Waals surface area contributed by atoms with E-state index in [0.717, 1.165) is 11.3 Å². The molecule has 0 aliphatic heterocycles. The van der Waals surface area contributed by atoms with E-state index in [1.165, 1.54) is 5.56 Å². The Hall–Kier alpha value is -2.04. The molecule has 27 heavy (non-hydrogen) atoms. The number of rotatable bonds is 6. The standard InChI is InChI=1S/C22H30N2O2.ClH/c1-22(2,3)17-13-11-16(12-14-17)21(25)23-15-19(24(4)5)18-9-7-8-10-20(18)26-6;/h7-14,19H,15H2,1-6H3,(H,23,25);1H. The lowest BCUT2D eigenvalue weighted by molar-refractivity contribution is 0.0941. The Bertz CT molecular complexity index is 737. The van der Waals surface area contributed by atoms with Gasteiger partial charge in [-0.05, 0) is 43.3 Å². The monoisotopic (exact) mass is 390 g/mol. The van der Waals surface area contributed by atoms with Crippen LogP contribution in [0.5, 0.6) is 5.75 Å². The molecule has 2 rings (SSSR count). The Labute approximate surface area is 169 Å². The largest absolute Gasteiger partial charge is 0.496 e. The lowest BCUT2D eigenvalue weighted by Gasteiger charge is -2.26. The van der Waals surface area contributed by atoms with Crippen molar-refractivity contribution in [2.45, 2.75) is 32.2 Å². The first-order valence-corrected chi connectivity index (χ1v) is 8.92. The minimum Gasteiger partial charge on any atom is -0.496 e. The molecule has 0 radical (unpaired) electrons. The quantitative estimate of drug-likeness (QED) is 0.792. The molecule has 0 fully saturated rings. The first-order chi connectivity index (χ1) is 12.2. The van der Waals surface area contributed by atoms with Crippen LogP contribution in [0.25, 0.3) is 0 Å². The van der Waals surface area contributed by atoms with Crippen molar-refractivity contribution < 1.29 is 9.53 Å². The third-order valence-corrected chi connectivity index (χ3v) is 4.59. The van der Waals surface area contributed by atoms with Crippen molar-refractivity contribution in [3.63, 3.8) is 0 Å². The van der Waals surface area contributed by atoms with Crippen LogP contribution in [0.1, 0.15) is 48.3 Å². The average molecular weight is 391 g/mol. The van der Waals surface area contributed by atoms with Crippen LogP contribution in [0.3, 0.4) is 0 Å². The summed E-state index contributed by atoms with van der Waals surface area (Å²) in [6.45, 7) is 7.00. The summed E-state index contributed by atoms with van der Waals surface area (Å²) in [5.41, 5.74) is 3.03. The summed E-state index contributed by atoms with van der Waals surface area (Å²) in [6.07, 6.45) is 0. The molecule has 0 saturated heterocycles. The van der Waals surface area contributed by atoms with Crippen LogP contribution in [0.2, 0.25) is 0 Å². The van der Waals surface area contributed by atoms with E-state index >= 15 is 0 Å². The molecule has 2 aromatic carbocycles. The molecule has 0 saturated carbocycles. The molecule has 1 N–H and O–H groups in total. The van der Waals surface area contributed by atoms with Gasteiger partial charge in [-0.2, -0.15) is 0 Å². The molecule has 2 aromatic rings. The fourth-order valence-electron chi connectivity index (χ4n) is 2.93. The Kier molecular flexibility index (Phi) is 8.32. The zero-order valence-corrected chi connectivity index (χ0v) is 17.9. The molecule has 0 bridgehead atoms. The molecule has 0 aromatic heterocycles. The third-order valence-electron chi connectivity index (χ3n) is 4.59. The van der Waals surface area contributed by atoms with Crippen LogP contribution >= 0.6 is 12.4 Å². The van der Waals surface area contributed by atoms with E-state index in [0.29, 0.717) is 12.1 Å². The van der Waals surface area contributed by atoms with Crippen molar-refractivity contribution in [3.8, 4) is 5.75 Å². The van der Waals surface area contributed by atoms with E-state index < -0.39 is 0 Å². The van der Waals surface area contributed by atoms with Gasteiger partial charge in [0.1, 0.15) is 5.75 Å². The number of hydrogen-bond donors (Lipinski definition) is 1. The van der Waals surface area contributed by atoms with Crippen molar-refractivity contribution in [2.24, 2.45) is 0 Å².